The van der Waals surface area contributed by atoms with Gasteiger partial charge in [-0.1, -0.05) is 13.8 Å². The van der Waals surface area contributed by atoms with E-state index in [9.17, 15) is 0 Å². The third-order valence-corrected chi connectivity index (χ3v) is 2.62. The molecule has 0 spiro atoms. The summed E-state index contributed by atoms with van der Waals surface area (Å²) in [4.78, 5) is 5.43. The molecule has 0 saturated heterocycles. The minimum Gasteiger partial charge on any atom is -0.249 e. The van der Waals surface area contributed by atoms with Crippen LogP contribution in [0.2, 0.25) is 0 Å². The number of nitrogens with zero attached hydrogens (tertiary/aromatic N) is 1. The van der Waals surface area contributed by atoms with E-state index in [1.807, 2.05) is 5.51 Å². The first-order valence-corrected chi connectivity index (χ1v) is 4.65. The molecule has 0 aliphatic heterocycles. The van der Waals surface area contributed by atoms with Crippen molar-refractivity contribution in [2.75, 3.05) is 0 Å². The third-order valence-electron chi connectivity index (χ3n) is 1.34. The Morgan fingerprint density at radius 2 is 2.40 bits per heavy atom. The molecule has 3 heteroatoms. The van der Waals surface area contributed by atoms with Gasteiger partial charge in [-0.05, 0) is 5.92 Å². The molecule has 0 N–H and O–H groups in total. The monoisotopic (exact) mass is 175 g/mol. The molecule has 0 aliphatic carbocycles. The van der Waals surface area contributed by atoms with E-state index >= 15 is 0 Å². The fraction of sp³-hybridized carbons (Fsp3) is 0.571. The maximum Gasteiger partial charge on any atom is 0.0798 e. The summed E-state index contributed by atoms with van der Waals surface area (Å²) < 4.78 is 0. The maximum atomic E-state index is 5.69. The lowest BCUT2D eigenvalue weighted by Gasteiger charge is -2.00. The van der Waals surface area contributed by atoms with Gasteiger partial charge in [0.2, 0.25) is 0 Å². The minimum atomic E-state index is 0.500. The van der Waals surface area contributed by atoms with Crippen LogP contribution in [0.5, 0.6) is 0 Å². The Bertz CT molecular complexity index is 207. The highest BCUT2D eigenvalue weighted by atomic mass is 35.5. The van der Waals surface area contributed by atoms with Crippen molar-refractivity contribution < 1.29 is 0 Å². The van der Waals surface area contributed by atoms with Crippen molar-refractivity contribution in [3.63, 3.8) is 0 Å². The fourth-order valence-electron chi connectivity index (χ4n) is 0.850. The first-order chi connectivity index (χ1) is 4.75. The van der Waals surface area contributed by atoms with E-state index in [1.54, 1.807) is 11.3 Å². The Hall–Kier alpha value is -0.0800. The molecule has 0 saturated carbocycles. The van der Waals surface area contributed by atoms with E-state index in [1.165, 1.54) is 4.88 Å². The molecule has 1 heterocycles. The quantitative estimate of drug-likeness (QED) is 0.630. The maximum absolute atomic E-state index is 5.69. The molecule has 0 fully saturated rings. The lowest BCUT2D eigenvalue weighted by atomic mass is 10.1. The molecule has 56 valence electrons. The van der Waals surface area contributed by atoms with Crippen molar-refractivity contribution in [3.05, 3.63) is 16.1 Å². The zero-order chi connectivity index (χ0) is 7.56. The van der Waals surface area contributed by atoms with Crippen molar-refractivity contribution in [3.8, 4) is 0 Å². The van der Waals surface area contributed by atoms with Gasteiger partial charge < -0.3 is 0 Å². The molecule has 0 radical (unpaired) electrons. The van der Waals surface area contributed by atoms with Crippen LogP contribution in [0, 0.1) is 0 Å². The summed E-state index contributed by atoms with van der Waals surface area (Å²) in [6.45, 7) is 4.26. The van der Waals surface area contributed by atoms with E-state index in [-0.39, 0.29) is 0 Å². The van der Waals surface area contributed by atoms with Crippen molar-refractivity contribution in [2.24, 2.45) is 0 Å². The second-order valence-electron chi connectivity index (χ2n) is 2.45. The molecule has 1 rings (SSSR count). The number of thiazole rings is 1. The van der Waals surface area contributed by atoms with Crippen LogP contribution in [-0.4, -0.2) is 4.98 Å². The summed E-state index contributed by atoms with van der Waals surface area (Å²) >= 11 is 7.32. The Labute approximate surface area is 70.1 Å². The Balaban J connectivity index is 2.90. The molecule has 1 aromatic rings. The minimum absolute atomic E-state index is 0.500. The fourth-order valence-corrected chi connectivity index (χ4v) is 1.94. The van der Waals surface area contributed by atoms with Crippen LogP contribution in [0.4, 0.5) is 0 Å². The first kappa shape index (κ1) is 8.02. The molecule has 0 aliphatic rings. The highest BCUT2D eigenvalue weighted by Gasteiger charge is 2.07. The largest absolute Gasteiger partial charge is 0.249 e. The molecular weight excluding hydrogens is 166 g/mol. The molecule has 0 bridgehead atoms. The van der Waals surface area contributed by atoms with Crippen LogP contribution in [0.3, 0.4) is 0 Å². The molecule has 10 heavy (non-hydrogen) atoms. The van der Waals surface area contributed by atoms with Gasteiger partial charge in [-0.15, -0.1) is 22.9 Å². The van der Waals surface area contributed by atoms with Gasteiger partial charge in [0, 0.05) is 4.88 Å². The van der Waals surface area contributed by atoms with Gasteiger partial charge in [0.1, 0.15) is 0 Å². The summed E-state index contributed by atoms with van der Waals surface area (Å²) in [7, 11) is 0. The van der Waals surface area contributed by atoms with Crippen LogP contribution >= 0.6 is 22.9 Å². The van der Waals surface area contributed by atoms with Crippen LogP contribution in [-0.2, 0) is 5.88 Å². The summed E-state index contributed by atoms with van der Waals surface area (Å²) in [6.07, 6.45) is 0. The van der Waals surface area contributed by atoms with E-state index < -0.39 is 0 Å². The molecule has 0 unspecified atom stereocenters. The Morgan fingerprint density at radius 1 is 1.70 bits per heavy atom. The molecule has 1 aromatic heterocycles. The molecular formula is C7H10ClNS. The van der Waals surface area contributed by atoms with Crippen molar-refractivity contribution in [1.82, 2.24) is 4.98 Å². The van der Waals surface area contributed by atoms with Gasteiger partial charge in [0.25, 0.3) is 0 Å². The number of aromatic nitrogens is 1. The van der Waals surface area contributed by atoms with Crippen LogP contribution in [0.25, 0.3) is 0 Å². The predicted octanol–water partition coefficient (Wildman–Crippen LogP) is 3.01. The second-order valence-corrected chi connectivity index (χ2v) is 3.66. The van der Waals surface area contributed by atoms with Gasteiger partial charge in [0.15, 0.2) is 0 Å². The number of halogens is 1. The lowest BCUT2D eigenvalue weighted by molar-refractivity contribution is 0.823. The summed E-state index contributed by atoms with van der Waals surface area (Å²) in [5.74, 6) is 1.10. The van der Waals surface area contributed by atoms with Gasteiger partial charge in [0.05, 0.1) is 17.1 Å². The summed E-state index contributed by atoms with van der Waals surface area (Å²) in [5.41, 5.74) is 3.01. The Morgan fingerprint density at radius 3 is 2.80 bits per heavy atom. The van der Waals surface area contributed by atoms with E-state index in [0.29, 0.717) is 11.8 Å². The zero-order valence-corrected chi connectivity index (χ0v) is 7.67. The van der Waals surface area contributed by atoms with E-state index in [2.05, 4.69) is 18.8 Å². The number of rotatable bonds is 2. The number of hydrogen-bond acceptors (Lipinski definition) is 2. The average Bonchev–Trinajstić information content (AvgIpc) is 2.33. The molecule has 0 aromatic carbocycles. The SMILES string of the molecule is CC(C)c1ncsc1CCl. The van der Waals surface area contributed by atoms with Gasteiger partial charge in [-0.3, -0.25) is 0 Å². The Kier molecular flexibility index (Phi) is 2.69. The van der Waals surface area contributed by atoms with Gasteiger partial charge in [-0.2, -0.15) is 0 Å². The van der Waals surface area contributed by atoms with Crippen molar-refractivity contribution in [1.29, 1.82) is 0 Å². The van der Waals surface area contributed by atoms with Gasteiger partial charge in [-0.25, -0.2) is 4.98 Å². The van der Waals surface area contributed by atoms with Crippen molar-refractivity contribution >= 4 is 22.9 Å². The summed E-state index contributed by atoms with van der Waals surface area (Å²) in [5, 5.41) is 0. The average molecular weight is 176 g/mol. The lowest BCUT2D eigenvalue weighted by Crippen LogP contribution is -1.90. The highest BCUT2D eigenvalue weighted by molar-refractivity contribution is 7.10. The predicted molar refractivity (Wildman–Crippen MR) is 45.8 cm³/mol. The first-order valence-electron chi connectivity index (χ1n) is 3.24. The van der Waals surface area contributed by atoms with Crippen LogP contribution in [0.1, 0.15) is 30.3 Å². The highest BCUT2D eigenvalue weighted by Crippen LogP contribution is 2.22. The molecule has 0 atom stereocenters. The second kappa shape index (κ2) is 3.35. The van der Waals surface area contributed by atoms with Crippen LogP contribution in [0.15, 0.2) is 5.51 Å². The topological polar surface area (TPSA) is 12.9 Å². The number of hydrogen-bond donors (Lipinski definition) is 0. The standard InChI is InChI=1S/C7H10ClNS/c1-5(2)7-6(3-8)10-4-9-7/h4-5H,3H2,1-2H3. The van der Waals surface area contributed by atoms with E-state index in [0.717, 1.165) is 5.69 Å². The van der Waals surface area contributed by atoms with Crippen LogP contribution < -0.4 is 0 Å². The van der Waals surface area contributed by atoms with Gasteiger partial charge >= 0.3 is 0 Å². The van der Waals surface area contributed by atoms with Crippen molar-refractivity contribution in [2.45, 2.75) is 25.6 Å². The molecule has 0 amide bonds. The van der Waals surface area contributed by atoms with E-state index in [4.69, 9.17) is 11.6 Å². The zero-order valence-electron chi connectivity index (χ0n) is 6.10. The number of alkyl halides is 1. The summed E-state index contributed by atoms with van der Waals surface area (Å²) in [6, 6.07) is 0. The molecule has 1 nitrogen and oxygen atoms in total. The third kappa shape index (κ3) is 1.50. The smallest absolute Gasteiger partial charge is 0.0798 e. The normalized spacial score (nSPS) is 10.8.